The average Bonchev–Trinajstić information content (AvgIpc) is 3.49. The summed E-state index contributed by atoms with van der Waals surface area (Å²) in [4.78, 5) is 41.8. The van der Waals surface area contributed by atoms with Gasteiger partial charge in [-0.25, -0.2) is 9.78 Å². The zero-order valence-electron chi connectivity index (χ0n) is 18.4. The van der Waals surface area contributed by atoms with E-state index in [1.807, 2.05) is 6.92 Å². The molecule has 0 saturated heterocycles. The number of anilines is 2. The summed E-state index contributed by atoms with van der Waals surface area (Å²) in [6, 6.07) is 5.18. The van der Waals surface area contributed by atoms with Gasteiger partial charge < -0.3 is 10.4 Å². The number of fused-ring (bicyclic) bond motifs is 1. The summed E-state index contributed by atoms with van der Waals surface area (Å²) in [6.07, 6.45) is 0.757. The summed E-state index contributed by atoms with van der Waals surface area (Å²) >= 11 is 17.3. The van der Waals surface area contributed by atoms with Crippen molar-refractivity contribution in [2.45, 2.75) is 17.7 Å². The number of thiazole rings is 1. The molecule has 2 aromatic carbocycles. The predicted octanol–water partition coefficient (Wildman–Crippen LogP) is 7.44. The van der Waals surface area contributed by atoms with Crippen LogP contribution in [0.25, 0.3) is 10.2 Å². The van der Waals surface area contributed by atoms with E-state index in [1.165, 1.54) is 34.4 Å². The third kappa shape index (κ3) is 6.42. The third-order valence-electron chi connectivity index (χ3n) is 4.68. The first-order valence-corrected chi connectivity index (χ1v) is 15.9. The summed E-state index contributed by atoms with van der Waals surface area (Å²) in [7, 11) is 0. The third-order valence-corrected chi connectivity index (χ3v) is 12.6. The first-order chi connectivity index (χ1) is 17.6. The number of hydrogen-bond acceptors (Lipinski definition) is 9. The molecule has 2 aromatic heterocycles. The molecule has 4 aromatic rings. The molecule has 0 atom stereocenters. The SMILES string of the molecule is CCc1nnc(NC(=O)CSc2nc3ccc(NC(=O)c4c(Br)c(Br)c(Br)c(Br)c4C(=O)O)cc3s2)s1. The van der Waals surface area contributed by atoms with E-state index in [4.69, 9.17) is 0 Å². The number of benzene rings is 2. The number of carbonyl (C=O) groups is 3. The minimum atomic E-state index is -1.26. The molecule has 0 bridgehead atoms. The van der Waals surface area contributed by atoms with E-state index in [0.717, 1.165) is 16.1 Å². The van der Waals surface area contributed by atoms with Gasteiger partial charge in [0, 0.05) is 23.6 Å². The Labute approximate surface area is 255 Å². The summed E-state index contributed by atoms with van der Waals surface area (Å²) in [5, 5.41) is 24.5. The minimum absolute atomic E-state index is 0.0393. The lowest BCUT2D eigenvalue weighted by Crippen LogP contribution is -2.18. The van der Waals surface area contributed by atoms with Gasteiger partial charge in [0.15, 0.2) is 4.34 Å². The molecule has 4 rings (SSSR count). The lowest BCUT2D eigenvalue weighted by molar-refractivity contribution is -0.113. The van der Waals surface area contributed by atoms with E-state index in [9.17, 15) is 19.5 Å². The van der Waals surface area contributed by atoms with E-state index in [0.29, 0.717) is 34.1 Å². The van der Waals surface area contributed by atoms with Crippen LogP contribution in [0.4, 0.5) is 10.8 Å². The van der Waals surface area contributed by atoms with Crippen LogP contribution in [-0.4, -0.2) is 43.8 Å². The maximum Gasteiger partial charge on any atom is 0.337 e. The van der Waals surface area contributed by atoms with Gasteiger partial charge in [-0.1, -0.05) is 30.0 Å². The van der Waals surface area contributed by atoms with Crippen molar-refractivity contribution < 1.29 is 19.5 Å². The fourth-order valence-corrected chi connectivity index (χ4v) is 8.08. The first-order valence-electron chi connectivity index (χ1n) is 10.1. The van der Waals surface area contributed by atoms with Crippen molar-refractivity contribution in [1.82, 2.24) is 15.2 Å². The number of aromatic carboxylic acids is 1. The van der Waals surface area contributed by atoms with E-state index < -0.39 is 11.9 Å². The molecule has 37 heavy (non-hydrogen) atoms. The Bertz CT molecular complexity index is 1560. The average molecular weight is 815 g/mol. The second kappa shape index (κ2) is 12.2. The molecular formula is C21H13Br4N5O4S3. The Balaban J connectivity index is 1.49. The Kier molecular flexibility index (Phi) is 9.40. The van der Waals surface area contributed by atoms with Crippen molar-refractivity contribution in [1.29, 1.82) is 0 Å². The number of aromatic nitrogens is 3. The number of amides is 2. The molecule has 0 aliphatic heterocycles. The fourth-order valence-electron chi connectivity index (χ4n) is 3.01. The smallest absolute Gasteiger partial charge is 0.337 e. The van der Waals surface area contributed by atoms with Crippen LogP contribution in [0.15, 0.2) is 40.4 Å². The lowest BCUT2D eigenvalue weighted by Gasteiger charge is -2.14. The van der Waals surface area contributed by atoms with E-state index in [2.05, 4.69) is 89.5 Å². The Morgan fingerprint density at radius 2 is 1.68 bits per heavy atom. The lowest BCUT2D eigenvalue weighted by atomic mass is 10.1. The van der Waals surface area contributed by atoms with Crippen molar-refractivity contribution in [2.24, 2.45) is 0 Å². The Morgan fingerprint density at radius 3 is 2.32 bits per heavy atom. The van der Waals surface area contributed by atoms with Gasteiger partial charge in [-0.15, -0.1) is 21.5 Å². The molecule has 192 valence electrons. The number of rotatable bonds is 8. The zero-order valence-corrected chi connectivity index (χ0v) is 27.2. The van der Waals surface area contributed by atoms with Gasteiger partial charge in [-0.3, -0.25) is 14.9 Å². The molecular weight excluding hydrogens is 802 g/mol. The van der Waals surface area contributed by atoms with Crippen LogP contribution in [-0.2, 0) is 11.2 Å². The van der Waals surface area contributed by atoms with E-state index in [-0.39, 0.29) is 27.3 Å². The molecule has 0 fully saturated rings. The van der Waals surface area contributed by atoms with Gasteiger partial charge in [0.25, 0.3) is 5.91 Å². The highest BCUT2D eigenvalue weighted by Gasteiger charge is 2.28. The molecule has 16 heteroatoms. The molecule has 0 radical (unpaired) electrons. The molecule has 0 unspecified atom stereocenters. The van der Waals surface area contributed by atoms with Crippen LogP contribution >= 0.6 is 98.2 Å². The van der Waals surface area contributed by atoms with Crippen molar-refractivity contribution in [2.75, 3.05) is 16.4 Å². The fraction of sp³-hybridized carbons (Fsp3) is 0.143. The summed E-state index contributed by atoms with van der Waals surface area (Å²) in [5.74, 6) is -1.91. The second-order valence-electron chi connectivity index (χ2n) is 7.12. The van der Waals surface area contributed by atoms with Crippen LogP contribution in [0.3, 0.4) is 0 Å². The number of carboxylic acid groups (broad SMARTS) is 1. The molecule has 2 heterocycles. The molecule has 0 saturated carbocycles. The number of aryl methyl sites for hydroxylation is 1. The van der Waals surface area contributed by atoms with Crippen LogP contribution < -0.4 is 10.6 Å². The molecule has 3 N–H and O–H groups in total. The van der Waals surface area contributed by atoms with Gasteiger partial charge in [0.1, 0.15) is 5.01 Å². The second-order valence-corrected chi connectivity index (χ2v) is 13.6. The molecule has 0 spiro atoms. The van der Waals surface area contributed by atoms with Gasteiger partial charge in [0.05, 0.1) is 27.1 Å². The number of nitrogens with one attached hydrogen (secondary N) is 2. The zero-order chi connectivity index (χ0) is 26.9. The number of carboxylic acids is 1. The number of thioether (sulfide) groups is 1. The molecule has 9 nitrogen and oxygen atoms in total. The molecule has 2 amide bonds. The summed E-state index contributed by atoms with van der Waals surface area (Å²) in [5.41, 5.74) is 0.957. The van der Waals surface area contributed by atoms with Gasteiger partial charge in [-0.05, 0) is 88.3 Å². The van der Waals surface area contributed by atoms with Crippen molar-refractivity contribution in [3.05, 3.63) is 52.2 Å². The van der Waals surface area contributed by atoms with Crippen LogP contribution in [0.5, 0.6) is 0 Å². The standard InChI is InChI=1S/C21H13Br4N5O4S3/c1-2-11-29-30-20(37-11)28-10(31)6-35-21-27-8-4-3-7(5-9(8)36-21)26-18(32)12-13(19(33)34)15(23)17(25)16(24)14(12)22/h3-5H,2,6H2,1H3,(H,26,32)(H,33,34)(H,28,30,31). The monoisotopic (exact) mass is 811 g/mol. The number of nitrogens with zero attached hydrogens (tertiary/aromatic N) is 3. The highest BCUT2D eigenvalue weighted by molar-refractivity contribution is 9.15. The Morgan fingerprint density at radius 1 is 0.973 bits per heavy atom. The maximum atomic E-state index is 13.1. The van der Waals surface area contributed by atoms with Crippen LogP contribution in [0.1, 0.15) is 32.6 Å². The van der Waals surface area contributed by atoms with Crippen molar-refractivity contribution in [3.63, 3.8) is 0 Å². The predicted molar refractivity (Wildman–Crippen MR) is 160 cm³/mol. The maximum absolute atomic E-state index is 13.1. The van der Waals surface area contributed by atoms with Crippen molar-refractivity contribution in [3.8, 4) is 0 Å². The number of halogens is 4. The molecule has 0 aliphatic carbocycles. The van der Waals surface area contributed by atoms with E-state index >= 15 is 0 Å². The summed E-state index contributed by atoms with van der Waals surface area (Å²) in [6.45, 7) is 1.97. The quantitative estimate of drug-likeness (QED) is 0.0950. The van der Waals surface area contributed by atoms with Crippen molar-refractivity contribution >= 4 is 137 Å². The minimum Gasteiger partial charge on any atom is -0.478 e. The highest BCUT2D eigenvalue weighted by Crippen LogP contribution is 2.42. The van der Waals surface area contributed by atoms with Gasteiger partial charge >= 0.3 is 5.97 Å². The van der Waals surface area contributed by atoms with Gasteiger partial charge in [0.2, 0.25) is 11.0 Å². The van der Waals surface area contributed by atoms with Crippen LogP contribution in [0.2, 0.25) is 0 Å². The van der Waals surface area contributed by atoms with Crippen LogP contribution in [0, 0.1) is 0 Å². The number of carbonyl (C=O) groups excluding carboxylic acids is 2. The molecule has 0 aliphatic rings. The van der Waals surface area contributed by atoms with Gasteiger partial charge in [-0.2, -0.15) is 0 Å². The normalized spacial score (nSPS) is 11.1. The first kappa shape index (κ1) is 28.6. The highest BCUT2D eigenvalue weighted by atomic mass is 79.9. The largest absolute Gasteiger partial charge is 0.478 e. The summed E-state index contributed by atoms with van der Waals surface area (Å²) < 4.78 is 2.99. The topological polar surface area (TPSA) is 134 Å². The number of hydrogen-bond donors (Lipinski definition) is 3. The van der Waals surface area contributed by atoms with E-state index in [1.54, 1.807) is 18.2 Å². The Hall–Kier alpha value is -1.43.